The molecule has 3 aromatic rings. The normalized spacial score (nSPS) is 17.6. The van der Waals surface area contributed by atoms with E-state index < -0.39 is 0 Å². The van der Waals surface area contributed by atoms with Crippen LogP contribution < -0.4 is 10.6 Å². The molecule has 128 valence electrons. The molecule has 1 fully saturated rings. The Kier molecular flexibility index (Phi) is 4.28. The second kappa shape index (κ2) is 6.73. The van der Waals surface area contributed by atoms with Crippen LogP contribution in [-0.2, 0) is 0 Å². The van der Waals surface area contributed by atoms with E-state index in [-0.39, 0.29) is 11.9 Å². The highest BCUT2D eigenvalue weighted by molar-refractivity contribution is 6.10. The number of carbonyl (C=O) groups excluding carboxylic acids is 1. The molecule has 4 heteroatoms. The van der Waals surface area contributed by atoms with Crippen LogP contribution in [0.5, 0.6) is 0 Å². The first-order valence-corrected chi connectivity index (χ1v) is 8.92. The summed E-state index contributed by atoms with van der Waals surface area (Å²) in [6.45, 7) is 3.94. The number of hydrogen-bond acceptors (Lipinski definition) is 2. The molecule has 1 saturated heterocycles. The minimum absolute atomic E-state index is 0.0249. The Morgan fingerprint density at radius 3 is 2.72 bits per heavy atom. The zero-order chi connectivity index (χ0) is 17.2. The first-order valence-electron chi connectivity index (χ1n) is 8.92. The second-order valence-electron chi connectivity index (χ2n) is 6.76. The average Bonchev–Trinajstić information content (AvgIpc) is 3.04. The van der Waals surface area contributed by atoms with Gasteiger partial charge >= 0.3 is 0 Å². The molecule has 1 aliphatic heterocycles. The molecule has 4 rings (SSSR count). The minimum atomic E-state index is -0.0249. The van der Waals surface area contributed by atoms with Gasteiger partial charge in [-0.05, 0) is 37.4 Å². The van der Waals surface area contributed by atoms with Crippen molar-refractivity contribution in [3.63, 3.8) is 0 Å². The summed E-state index contributed by atoms with van der Waals surface area (Å²) in [6, 6.07) is 16.5. The molecule has 3 N–H and O–H groups in total. The molecule has 2 heterocycles. The second-order valence-corrected chi connectivity index (χ2v) is 6.76. The summed E-state index contributed by atoms with van der Waals surface area (Å²) in [5, 5.41) is 7.64. The van der Waals surface area contributed by atoms with Crippen molar-refractivity contribution in [1.29, 1.82) is 0 Å². The van der Waals surface area contributed by atoms with Gasteiger partial charge in [-0.15, -0.1) is 0 Å². The zero-order valence-corrected chi connectivity index (χ0v) is 14.4. The first kappa shape index (κ1) is 15.9. The fourth-order valence-electron chi connectivity index (χ4n) is 3.67. The van der Waals surface area contributed by atoms with Gasteiger partial charge in [-0.1, -0.05) is 48.5 Å². The van der Waals surface area contributed by atoms with Gasteiger partial charge < -0.3 is 15.6 Å². The molecule has 1 aromatic heterocycles. The van der Waals surface area contributed by atoms with Gasteiger partial charge in [0.2, 0.25) is 0 Å². The number of aromatic nitrogens is 1. The minimum Gasteiger partial charge on any atom is -0.350 e. The van der Waals surface area contributed by atoms with Gasteiger partial charge in [-0.2, -0.15) is 0 Å². The number of aryl methyl sites for hydroxylation is 1. The average molecular weight is 333 g/mol. The Labute approximate surface area is 147 Å². The summed E-state index contributed by atoms with van der Waals surface area (Å²) in [5.74, 6) is -0.0249. The molecular formula is C21H23N3O. The Balaban J connectivity index is 1.79. The van der Waals surface area contributed by atoms with Crippen LogP contribution >= 0.6 is 0 Å². The maximum Gasteiger partial charge on any atom is 0.268 e. The Hall–Kier alpha value is -2.59. The van der Waals surface area contributed by atoms with Gasteiger partial charge in [-0.3, -0.25) is 4.79 Å². The number of rotatable bonds is 3. The molecule has 4 nitrogen and oxygen atoms in total. The third-order valence-electron chi connectivity index (χ3n) is 4.96. The molecule has 25 heavy (non-hydrogen) atoms. The van der Waals surface area contributed by atoms with E-state index in [2.05, 4.69) is 46.8 Å². The van der Waals surface area contributed by atoms with E-state index in [1.165, 1.54) is 0 Å². The molecular weight excluding hydrogens is 310 g/mol. The molecule has 0 aliphatic carbocycles. The molecule has 1 atom stereocenters. The molecule has 2 aromatic carbocycles. The number of amides is 1. The van der Waals surface area contributed by atoms with Crippen molar-refractivity contribution in [2.24, 2.45) is 0 Å². The maximum atomic E-state index is 13.0. The van der Waals surface area contributed by atoms with E-state index in [1.807, 2.05) is 24.3 Å². The molecule has 1 aliphatic rings. The van der Waals surface area contributed by atoms with Gasteiger partial charge in [-0.25, -0.2) is 0 Å². The highest BCUT2D eigenvalue weighted by atomic mass is 16.2. The van der Waals surface area contributed by atoms with Crippen molar-refractivity contribution in [2.75, 3.05) is 13.1 Å². The molecule has 0 spiro atoms. The van der Waals surface area contributed by atoms with Crippen LogP contribution in [-0.4, -0.2) is 30.0 Å². The van der Waals surface area contributed by atoms with Crippen LogP contribution in [0.2, 0.25) is 0 Å². The Morgan fingerprint density at radius 1 is 1.12 bits per heavy atom. The van der Waals surface area contributed by atoms with E-state index in [4.69, 9.17) is 0 Å². The van der Waals surface area contributed by atoms with Crippen molar-refractivity contribution >= 4 is 16.8 Å². The van der Waals surface area contributed by atoms with Gasteiger partial charge in [0, 0.05) is 29.1 Å². The topological polar surface area (TPSA) is 56.9 Å². The Morgan fingerprint density at radius 2 is 1.96 bits per heavy atom. The molecule has 1 amide bonds. The number of piperidine rings is 1. The fourth-order valence-corrected chi connectivity index (χ4v) is 3.67. The quantitative estimate of drug-likeness (QED) is 0.685. The molecule has 0 bridgehead atoms. The van der Waals surface area contributed by atoms with Crippen molar-refractivity contribution in [3.8, 4) is 11.1 Å². The number of carbonyl (C=O) groups is 1. The predicted octanol–water partition coefficient (Wildman–Crippen LogP) is 3.63. The largest absolute Gasteiger partial charge is 0.350 e. The van der Waals surface area contributed by atoms with E-state index >= 15 is 0 Å². The SMILES string of the molecule is Cc1cccc2c(-c3ccccc3)c(C(=O)N[C@@H]3CCCNC3)[nH]c12. The monoisotopic (exact) mass is 333 g/mol. The number of benzene rings is 2. The number of fused-ring (bicyclic) bond motifs is 1. The number of nitrogens with one attached hydrogen (secondary N) is 3. The summed E-state index contributed by atoms with van der Waals surface area (Å²) in [7, 11) is 0. The fraction of sp³-hybridized carbons (Fsp3) is 0.286. The summed E-state index contributed by atoms with van der Waals surface area (Å²) in [6.07, 6.45) is 2.13. The number of aromatic amines is 1. The summed E-state index contributed by atoms with van der Waals surface area (Å²) in [5.41, 5.74) is 4.88. The third kappa shape index (κ3) is 3.05. The smallest absolute Gasteiger partial charge is 0.268 e. The van der Waals surface area contributed by atoms with Crippen LogP contribution in [0.15, 0.2) is 48.5 Å². The van der Waals surface area contributed by atoms with Gasteiger partial charge in [0.05, 0.1) is 0 Å². The molecule has 0 unspecified atom stereocenters. The highest BCUT2D eigenvalue weighted by Crippen LogP contribution is 2.33. The van der Waals surface area contributed by atoms with Crippen LogP contribution in [0.4, 0.5) is 0 Å². The van der Waals surface area contributed by atoms with Crippen LogP contribution in [0.25, 0.3) is 22.0 Å². The van der Waals surface area contributed by atoms with E-state index in [0.717, 1.165) is 53.5 Å². The van der Waals surface area contributed by atoms with Crippen molar-refractivity contribution in [2.45, 2.75) is 25.8 Å². The summed E-state index contributed by atoms with van der Waals surface area (Å²) in [4.78, 5) is 16.4. The zero-order valence-electron chi connectivity index (χ0n) is 14.4. The standard InChI is InChI=1S/C21H23N3O/c1-14-7-5-11-17-18(15-8-3-2-4-9-15)20(24-19(14)17)21(25)23-16-10-6-12-22-13-16/h2-5,7-9,11,16,22,24H,6,10,12-13H2,1H3,(H,23,25)/t16-/m1/s1. The lowest BCUT2D eigenvalue weighted by Gasteiger charge is -2.23. The lowest BCUT2D eigenvalue weighted by molar-refractivity contribution is 0.0927. The van der Waals surface area contributed by atoms with E-state index in [1.54, 1.807) is 0 Å². The lowest BCUT2D eigenvalue weighted by Crippen LogP contribution is -2.45. The maximum absolute atomic E-state index is 13.0. The molecule has 0 saturated carbocycles. The lowest BCUT2D eigenvalue weighted by atomic mass is 10.00. The highest BCUT2D eigenvalue weighted by Gasteiger charge is 2.22. The van der Waals surface area contributed by atoms with Crippen LogP contribution in [0.1, 0.15) is 28.9 Å². The van der Waals surface area contributed by atoms with Gasteiger partial charge in [0.15, 0.2) is 0 Å². The number of para-hydroxylation sites is 1. The van der Waals surface area contributed by atoms with Crippen molar-refractivity contribution in [1.82, 2.24) is 15.6 Å². The van der Waals surface area contributed by atoms with Crippen molar-refractivity contribution < 1.29 is 4.79 Å². The first-order chi connectivity index (χ1) is 12.2. The van der Waals surface area contributed by atoms with E-state index in [0.29, 0.717) is 5.69 Å². The van der Waals surface area contributed by atoms with Gasteiger partial charge in [0.25, 0.3) is 5.91 Å². The summed E-state index contributed by atoms with van der Waals surface area (Å²) < 4.78 is 0. The van der Waals surface area contributed by atoms with Crippen LogP contribution in [0.3, 0.4) is 0 Å². The van der Waals surface area contributed by atoms with Crippen molar-refractivity contribution in [3.05, 3.63) is 59.8 Å². The van der Waals surface area contributed by atoms with E-state index in [9.17, 15) is 4.79 Å². The Bertz CT molecular complexity index is 892. The van der Waals surface area contributed by atoms with Gasteiger partial charge in [0.1, 0.15) is 5.69 Å². The molecule has 0 radical (unpaired) electrons. The van der Waals surface area contributed by atoms with Crippen LogP contribution in [0, 0.1) is 6.92 Å². The third-order valence-corrected chi connectivity index (χ3v) is 4.96. The predicted molar refractivity (Wildman–Crippen MR) is 102 cm³/mol. The number of H-pyrrole nitrogens is 1. The summed E-state index contributed by atoms with van der Waals surface area (Å²) >= 11 is 0. The number of hydrogen-bond donors (Lipinski definition) is 3.